The molecule has 2 aromatic rings. The Morgan fingerprint density at radius 2 is 1.62 bits per heavy atom. The van der Waals surface area contributed by atoms with Crippen LogP contribution >= 0.6 is 0 Å². The van der Waals surface area contributed by atoms with Gasteiger partial charge in [-0.2, -0.15) is 0 Å². The molecule has 3 amide bonds. The van der Waals surface area contributed by atoms with E-state index >= 15 is 0 Å². The summed E-state index contributed by atoms with van der Waals surface area (Å²) in [5.74, 6) is -1.45. The average molecular weight is 357 g/mol. The summed E-state index contributed by atoms with van der Waals surface area (Å²) >= 11 is 0. The number of benzene rings is 2. The zero-order valence-electron chi connectivity index (χ0n) is 14.2. The molecule has 0 bridgehead atoms. The van der Waals surface area contributed by atoms with Gasteiger partial charge in [-0.1, -0.05) is 12.1 Å². The van der Waals surface area contributed by atoms with Crippen LogP contribution in [0.15, 0.2) is 48.5 Å². The maximum Gasteiger partial charge on any atom is 0.316 e. The fourth-order valence-electron chi connectivity index (χ4n) is 2.02. The van der Waals surface area contributed by atoms with E-state index in [0.29, 0.717) is 11.5 Å². The average Bonchev–Trinajstić information content (AvgIpc) is 2.65. The molecule has 0 saturated carbocycles. The van der Waals surface area contributed by atoms with E-state index < -0.39 is 17.7 Å². The third kappa shape index (κ3) is 5.23. The van der Waals surface area contributed by atoms with Crippen molar-refractivity contribution >= 4 is 23.4 Å². The first-order valence-corrected chi connectivity index (χ1v) is 7.76. The molecular formula is C18H19N3O5. The molecule has 0 aliphatic carbocycles. The van der Waals surface area contributed by atoms with Crippen molar-refractivity contribution in [2.24, 2.45) is 0 Å². The Kier molecular flexibility index (Phi) is 6.55. The number of carbonyl (C=O) groups is 3. The molecule has 136 valence electrons. The lowest BCUT2D eigenvalue weighted by Gasteiger charge is -2.09. The first-order valence-electron chi connectivity index (χ1n) is 7.76. The van der Waals surface area contributed by atoms with Crippen LogP contribution in [0.2, 0.25) is 0 Å². The smallest absolute Gasteiger partial charge is 0.316 e. The van der Waals surface area contributed by atoms with Gasteiger partial charge in [-0.3, -0.25) is 19.7 Å². The van der Waals surface area contributed by atoms with E-state index in [2.05, 4.69) is 5.32 Å². The van der Waals surface area contributed by atoms with Crippen molar-refractivity contribution < 1.29 is 23.9 Å². The maximum atomic E-state index is 11.9. The maximum absolute atomic E-state index is 11.9. The molecule has 0 spiro atoms. The second-order valence-corrected chi connectivity index (χ2v) is 5.15. The zero-order chi connectivity index (χ0) is 18.9. The molecule has 4 N–H and O–H groups in total. The Bertz CT molecular complexity index is 790. The standard InChI is InChI=1S/C18H19N3O5/c1-25-12-6-8-13(9-7-12)26-11-10-20-17(23)18(24)21-16(22)14-4-2-3-5-15(14)19/h2-9H,10-11,19H2,1H3,(H,20,23)(H,21,22,24). The minimum Gasteiger partial charge on any atom is -0.497 e. The summed E-state index contributed by atoms with van der Waals surface area (Å²) in [6.07, 6.45) is 0. The molecule has 0 atom stereocenters. The number of hydrogen-bond donors (Lipinski definition) is 3. The quantitative estimate of drug-likeness (QED) is 0.398. The molecule has 0 heterocycles. The molecule has 2 aromatic carbocycles. The third-order valence-corrected chi connectivity index (χ3v) is 3.35. The van der Waals surface area contributed by atoms with Crippen LogP contribution in [-0.4, -0.2) is 38.0 Å². The van der Waals surface area contributed by atoms with Gasteiger partial charge in [0.15, 0.2) is 0 Å². The number of rotatable bonds is 6. The fraction of sp³-hybridized carbons (Fsp3) is 0.167. The highest BCUT2D eigenvalue weighted by Gasteiger charge is 2.18. The van der Waals surface area contributed by atoms with Crippen molar-refractivity contribution in [3.05, 3.63) is 54.1 Å². The highest BCUT2D eigenvalue weighted by atomic mass is 16.5. The van der Waals surface area contributed by atoms with Crippen LogP contribution < -0.4 is 25.8 Å². The fourth-order valence-corrected chi connectivity index (χ4v) is 2.02. The van der Waals surface area contributed by atoms with Gasteiger partial charge in [-0.15, -0.1) is 0 Å². The first kappa shape index (κ1) is 18.8. The number of nitrogens with two attached hydrogens (primary N) is 1. The van der Waals surface area contributed by atoms with E-state index in [4.69, 9.17) is 15.2 Å². The van der Waals surface area contributed by atoms with E-state index in [-0.39, 0.29) is 24.4 Å². The van der Waals surface area contributed by atoms with Crippen LogP contribution in [0.4, 0.5) is 5.69 Å². The van der Waals surface area contributed by atoms with Crippen LogP contribution in [0, 0.1) is 0 Å². The number of methoxy groups -OCH3 is 1. The number of nitrogen functional groups attached to an aromatic ring is 1. The highest BCUT2D eigenvalue weighted by molar-refractivity contribution is 6.38. The van der Waals surface area contributed by atoms with E-state index in [1.165, 1.54) is 12.1 Å². The second kappa shape index (κ2) is 9.07. The molecule has 8 nitrogen and oxygen atoms in total. The lowest BCUT2D eigenvalue weighted by atomic mass is 10.1. The van der Waals surface area contributed by atoms with Gasteiger partial charge in [0, 0.05) is 5.69 Å². The Hall–Kier alpha value is -3.55. The van der Waals surface area contributed by atoms with Crippen LogP contribution in [-0.2, 0) is 9.59 Å². The van der Waals surface area contributed by atoms with Gasteiger partial charge < -0.3 is 20.5 Å². The molecule has 0 radical (unpaired) electrons. The number of para-hydroxylation sites is 1. The number of nitrogens with one attached hydrogen (secondary N) is 2. The molecule has 0 aliphatic heterocycles. The predicted octanol–water partition coefficient (Wildman–Crippen LogP) is 0.729. The summed E-state index contributed by atoms with van der Waals surface area (Å²) in [6, 6.07) is 13.2. The van der Waals surface area contributed by atoms with Gasteiger partial charge in [0.2, 0.25) is 0 Å². The topological polar surface area (TPSA) is 120 Å². The minimum absolute atomic E-state index is 0.0972. The molecule has 0 saturated heterocycles. The number of amides is 3. The van der Waals surface area contributed by atoms with E-state index in [9.17, 15) is 14.4 Å². The van der Waals surface area contributed by atoms with Gasteiger partial charge in [-0.05, 0) is 36.4 Å². The largest absolute Gasteiger partial charge is 0.497 e. The van der Waals surface area contributed by atoms with Crippen molar-refractivity contribution in [1.82, 2.24) is 10.6 Å². The first-order chi connectivity index (χ1) is 12.5. The Morgan fingerprint density at radius 1 is 0.962 bits per heavy atom. The second-order valence-electron chi connectivity index (χ2n) is 5.15. The van der Waals surface area contributed by atoms with Crippen LogP contribution in [0.25, 0.3) is 0 Å². The molecule has 8 heteroatoms. The lowest BCUT2D eigenvalue weighted by molar-refractivity contribution is -0.138. The number of imide groups is 1. The monoisotopic (exact) mass is 357 g/mol. The summed E-state index contributed by atoms with van der Waals surface area (Å²) < 4.78 is 10.4. The molecular weight excluding hydrogens is 338 g/mol. The predicted molar refractivity (Wildman–Crippen MR) is 94.8 cm³/mol. The summed E-state index contributed by atoms with van der Waals surface area (Å²) in [4.78, 5) is 35.4. The summed E-state index contributed by atoms with van der Waals surface area (Å²) in [6.45, 7) is 0.255. The van der Waals surface area contributed by atoms with Gasteiger partial charge in [-0.25, -0.2) is 0 Å². The lowest BCUT2D eigenvalue weighted by Crippen LogP contribution is -2.43. The Balaban J connectivity index is 1.74. The van der Waals surface area contributed by atoms with Gasteiger partial charge >= 0.3 is 11.8 Å². The number of carbonyl (C=O) groups excluding carboxylic acids is 3. The molecule has 0 unspecified atom stereocenters. The molecule has 0 fully saturated rings. The number of anilines is 1. The van der Waals surface area contributed by atoms with Gasteiger partial charge in [0.05, 0.1) is 19.2 Å². The molecule has 2 rings (SSSR count). The molecule has 26 heavy (non-hydrogen) atoms. The van der Waals surface area contributed by atoms with Crippen LogP contribution in [0.3, 0.4) is 0 Å². The van der Waals surface area contributed by atoms with E-state index in [0.717, 1.165) is 0 Å². The SMILES string of the molecule is COc1ccc(OCCNC(=O)C(=O)NC(=O)c2ccccc2N)cc1. The number of hydrogen-bond acceptors (Lipinski definition) is 6. The Labute approximate surface area is 150 Å². The molecule has 0 aromatic heterocycles. The van der Waals surface area contributed by atoms with Crippen LogP contribution in [0.5, 0.6) is 11.5 Å². The van der Waals surface area contributed by atoms with Crippen molar-refractivity contribution in [3.63, 3.8) is 0 Å². The summed E-state index contributed by atoms with van der Waals surface area (Å²) in [5, 5.41) is 4.35. The van der Waals surface area contributed by atoms with Crippen molar-refractivity contribution in [3.8, 4) is 11.5 Å². The normalized spacial score (nSPS) is 9.88. The summed E-state index contributed by atoms with van der Waals surface area (Å²) in [5.41, 5.74) is 5.98. The third-order valence-electron chi connectivity index (χ3n) is 3.35. The highest BCUT2D eigenvalue weighted by Crippen LogP contribution is 2.16. The van der Waals surface area contributed by atoms with E-state index in [1.54, 1.807) is 43.5 Å². The van der Waals surface area contributed by atoms with Gasteiger partial charge in [0.1, 0.15) is 18.1 Å². The molecule has 0 aliphatic rings. The van der Waals surface area contributed by atoms with Gasteiger partial charge in [0.25, 0.3) is 5.91 Å². The van der Waals surface area contributed by atoms with E-state index in [1.807, 2.05) is 5.32 Å². The van der Waals surface area contributed by atoms with Crippen molar-refractivity contribution in [2.75, 3.05) is 26.0 Å². The van der Waals surface area contributed by atoms with Crippen molar-refractivity contribution in [1.29, 1.82) is 0 Å². The Morgan fingerprint density at radius 3 is 2.27 bits per heavy atom. The summed E-state index contributed by atoms with van der Waals surface area (Å²) in [7, 11) is 1.56. The van der Waals surface area contributed by atoms with Crippen molar-refractivity contribution in [2.45, 2.75) is 0 Å². The minimum atomic E-state index is -1.07. The van der Waals surface area contributed by atoms with Crippen LogP contribution in [0.1, 0.15) is 10.4 Å². The zero-order valence-corrected chi connectivity index (χ0v) is 14.2. The number of ether oxygens (including phenoxy) is 2.